The van der Waals surface area contributed by atoms with E-state index in [0.29, 0.717) is 6.42 Å². The minimum absolute atomic E-state index is 0.00871. The van der Waals surface area contributed by atoms with Gasteiger partial charge in [0, 0.05) is 6.42 Å². The number of rotatable bonds is 9. The Morgan fingerprint density at radius 3 is 2.61 bits per heavy atom. The summed E-state index contributed by atoms with van der Waals surface area (Å²) in [5.74, 6) is -1.44. The molecule has 0 aromatic carbocycles. The summed E-state index contributed by atoms with van der Waals surface area (Å²) in [6, 6.07) is -1.04. The molecule has 0 radical (unpaired) electrons. The third-order valence-corrected chi connectivity index (χ3v) is 2.17. The number of Topliss-reactive ketones (excluding diaryl/α,β-unsaturated/α-hetero) is 1. The lowest BCUT2D eigenvalue weighted by molar-refractivity contribution is -0.139. The number of aliphatic carboxylic acids is 1. The van der Waals surface area contributed by atoms with Crippen molar-refractivity contribution < 1.29 is 24.2 Å². The van der Waals surface area contributed by atoms with Gasteiger partial charge in [-0.05, 0) is 6.42 Å². The number of carbonyl (C=O) groups excluding carboxylic acids is 2. The van der Waals surface area contributed by atoms with Crippen molar-refractivity contribution in [3.05, 3.63) is 12.7 Å². The maximum Gasteiger partial charge on any atom is 0.408 e. The fourth-order valence-electron chi connectivity index (χ4n) is 1.26. The molecule has 0 aliphatic heterocycles. The number of ether oxygens (including phenoxy) is 1. The van der Waals surface area contributed by atoms with Crippen LogP contribution in [0, 0.1) is 0 Å². The van der Waals surface area contributed by atoms with E-state index in [1.165, 1.54) is 6.08 Å². The molecule has 18 heavy (non-hydrogen) atoms. The summed E-state index contributed by atoms with van der Waals surface area (Å²) in [7, 11) is 0. The minimum Gasteiger partial charge on any atom is -0.481 e. The number of ketones is 1. The maximum absolute atomic E-state index is 11.7. The van der Waals surface area contributed by atoms with Gasteiger partial charge in [-0.1, -0.05) is 26.0 Å². The zero-order valence-corrected chi connectivity index (χ0v) is 10.5. The number of carbonyl (C=O) groups is 3. The SMILES string of the molecule is C=CCOC(=O)NC(CC(=O)O)C(=O)CCCC. The first-order valence-electron chi connectivity index (χ1n) is 5.80. The molecule has 6 nitrogen and oxygen atoms in total. The monoisotopic (exact) mass is 257 g/mol. The molecule has 0 aliphatic carbocycles. The maximum atomic E-state index is 11.7. The van der Waals surface area contributed by atoms with Gasteiger partial charge in [-0.25, -0.2) is 4.79 Å². The van der Waals surface area contributed by atoms with Crippen molar-refractivity contribution in [2.45, 2.75) is 38.6 Å². The van der Waals surface area contributed by atoms with E-state index in [9.17, 15) is 14.4 Å². The van der Waals surface area contributed by atoms with E-state index in [1.54, 1.807) is 0 Å². The van der Waals surface area contributed by atoms with Crippen LogP contribution in [-0.4, -0.2) is 35.6 Å². The van der Waals surface area contributed by atoms with Crippen molar-refractivity contribution in [3.8, 4) is 0 Å². The Bertz CT molecular complexity index is 314. The van der Waals surface area contributed by atoms with Crippen LogP contribution in [0.15, 0.2) is 12.7 Å². The molecule has 0 spiro atoms. The lowest BCUT2D eigenvalue weighted by Crippen LogP contribution is -2.42. The molecule has 0 saturated carbocycles. The number of hydrogen-bond donors (Lipinski definition) is 2. The van der Waals surface area contributed by atoms with Crippen LogP contribution in [0.3, 0.4) is 0 Å². The average Bonchev–Trinajstić information content (AvgIpc) is 2.32. The second-order valence-corrected chi connectivity index (χ2v) is 3.75. The van der Waals surface area contributed by atoms with Crippen LogP contribution in [0.4, 0.5) is 4.79 Å². The molecule has 0 aromatic heterocycles. The molecule has 0 aromatic rings. The largest absolute Gasteiger partial charge is 0.481 e. The van der Waals surface area contributed by atoms with E-state index in [4.69, 9.17) is 5.11 Å². The highest BCUT2D eigenvalue weighted by molar-refractivity contribution is 5.90. The quantitative estimate of drug-likeness (QED) is 0.610. The van der Waals surface area contributed by atoms with Crippen molar-refractivity contribution in [2.75, 3.05) is 6.61 Å². The molecule has 0 fully saturated rings. The Morgan fingerprint density at radius 1 is 1.44 bits per heavy atom. The van der Waals surface area contributed by atoms with E-state index in [0.717, 1.165) is 6.42 Å². The average molecular weight is 257 g/mol. The van der Waals surface area contributed by atoms with E-state index >= 15 is 0 Å². The number of hydrogen-bond acceptors (Lipinski definition) is 4. The topological polar surface area (TPSA) is 92.7 Å². The van der Waals surface area contributed by atoms with Gasteiger partial charge in [0.25, 0.3) is 0 Å². The first kappa shape index (κ1) is 16.1. The molecule has 0 bridgehead atoms. The van der Waals surface area contributed by atoms with Crippen molar-refractivity contribution in [2.24, 2.45) is 0 Å². The summed E-state index contributed by atoms with van der Waals surface area (Å²) in [4.78, 5) is 33.6. The number of nitrogens with one attached hydrogen (secondary N) is 1. The van der Waals surface area contributed by atoms with Gasteiger partial charge in [0.05, 0.1) is 6.42 Å². The molecule has 102 valence electrons. The van der Waals surface area contributed by atoms with Gasteiger partial charge in [0.2, 0.25) is 0 Å². The lowest BCUT2D eigenvalue weighted by atomic mass is 10.0. The van der Waals surface area contributed by atoms with Crippen LogP contribution in [0.2, 0.25) is 0 Å². The Morgan fingerprint density at radius 2 is 2.11 bits per heavy atom. The summed E-state index contributed by atoms with van der Waals surface area (Å²) in [6.45, 7) is 5.30. The highest BCUT2D eigenvalue weighted by Crippen LogP contribution is 2.03. The Labute approximate surface area is 106 Å². The van der Waals surface area contributed by atoms with E-state index in [1.807, 2.05) is 6.92 Å². The molecule has 6 heteroatoms. The van der Waals surface area contributed by atoms with Crippen molar-refractivity contribution in [3.63, 3.8) is 0 Å². The van der Waals surface area contributed by atoms with E-state index < -0.39 is 24.5 Å². The predicted molar refractivity (Wildman–Crippen MR) is 65.3 cm³/mol. The number of carboxylic acids is 1. The fourth-order valence-corrected chi connectivity index (χ4v) is 1.26. The minimum atomic E-state index is -1.14. The van der Waals surface area contributed by atoms with Crippen molar-refractivity contribution in [1.82, 2.24) is 5.32 Å². The van der Waals surface area contributed by atoms with Gasteiger partial charge >= 0.3 is 12.1 Å². The van der Waals surface area contributed by atoms with E-state index in [2.05, 4.69) is 16.6 Å². The summed E-state index contributed by atoms with van der Waals surface area (Å²) in [6.07, 6.45) is 1.86. The zero-order valence-electron chi connectivity index (χ0n) is 10.5. The third-order valence-electron chi connectivity index (χ3n) is 2.17. The first-order valence-corrected chi connectivity index (χ1v) is 5.80. The van der Waals surface area contributed by atoms with Crippen molar-refractivity contribution in [1.29, 1.82) is 0 Å². The van der Waals surface area contributed by atoms with Crippen molar-refractivity contribution >= 4 is 17.8 Å². The van der Waals surface area contributed by atoms with Gasteiger partial charge < -0.3 is 15.2 Å². The molecular formula is C12H19NO5. The summed E-state index contributed by atoms with van der Waals surface area (Å²) >= 11 is 0. The van der Waals surface area contributed by atoms with Gasteiger partial charge in [-0.2, -0.15) is 0 Å². The molecule has 1 atom stereocenters. The van der Waals surface area contributed by atoms with E-state index in [-0.39, 0.29) is 18.8 Å². The lowest BCUT2D eigenvalue weighted by Gasteiger charge is -2.15. The van der Waals surface area contributed by atoms with Crippen LogP contribution in [0.25, 0.3) is 0 Å². The smallest absolute Gasteiger partial charge is 0.408 e. The van der Waals surface area contributed by atoms with Gasteiger partial charge in [0.15, 0.2) is 5.78 Å². The Hall–Kier alpha value is -1.85. The molecule has 0 aliphatic rings. The van der Waals surface area contributed by atoms with Crippen LogP contribution >= 0.6 is 0 Å². The van der Waals surface area contributed by atoms with Crippen LogP contribution in [0.1, 0.15) is 32.6 Å². The summed E-state index contributed by atoms with van der Waals surface area (Å²) in [5, 5.41) is 10.9. The first-order chi connectivity index (χ1) is 8.51. The number of alkyl carbamates (subject to hydrolysis) is 1. The Kier molecular flexibility index (Phi) is 8.26. The molecule has 2 N–H and O–H groups in total. The Balaban J connectivity index is 4.37. The molecule has 0 heterocycles. The molecule has 1 unspecified atom stereocenters. The molecular weight excluding hydrogens is 238 g/mol. The number of amides is 1. The van der Waals surface area contributed by atoms with Gasteiger partial charge in [-0.15, -0.1) is 0 Å². The summed E-state index contributed by atoms with van der Waals surface area (Å²) < 4.78 is 4.64. The second kappa shape index (κ2) is 9.21. The second-order valence-electron chi connectivity index (χ2n) is 3.75. The van der Waals surface area contributed by atoms with Gasteiger partial charge in [-0.3, -0.25) is 9.59 Å². The molecule has 0 saturated heterocycles. The van der Waals surface area contributed by atoms with Crippen LogP contribution in [-0.2, 0) is 14.3 Å². The predicted octanol–water partition coefficient (Wildman–Crippen LogP) is 1.50. The highest BCUT2D eigenvalue weighted by Gasteiger charge is 2.23. The van der Waals surface area contributed by atoms with Gasteiger partial charge in [0.1, 0.15) is 12.6 Å². The van der Waals surface area contributed by atoms with Crippen LogP contribution < -0.4 is 5.32 Å². The number of unbranched alkanes of at least 4 members (excludes halogenated alkanes) is 1. The highest BCUT2D eigenvalue weighted by atomic mass is 16.5. The third kappa shape index (κ3) is 7.43. The normalized spacial score (nSPS) is 11.4. The number of carboxylic acid groups (broad SMARTS) is 1. The summed E-state index contributed by atoms with van der Waals surface area (Å²) in [5.41, 5.74) is 0. The zero-order chi connectivity index (χ0) is 14.0. The fraction of sp³-hybridized carbons (Fsp3) is 0.583. The molecule has 0 rings (SSSR count). The van der Waals surface area contributed by atoms with Crippen LogP contribution in [0.5, 0.6) is 0 Å². The standard InChI is InChI=1S/C12H19NO5/c1-3-5-6-10(14)9(8-11(15)16)13-12(17)18-7-4-2/h4,9H,2-3,5-8H2,1H3,(H,13,17)(H,15,16). The molecule has 1 amide bonds.